The van der Waals surface area contributed by atoms with E-state index in [-0.39, 0.29) is 11.2 Å². The second-order valence-corrected chi connectivity index (χ2v) is 6.97. The van der Waals surface area contributed by atoms with E-state index in [9.17, 15) is 4.79 Å². The topological polar surface area (TPSA) is 29.1 Å². The van der Waals surface area contributed by atoms with Gasteiger partial charge in [0, 0.05) is 27.9 Å². The van der Waals surface area contributed by atoms with Crippen molar-refractivity contribution in [1.82, 2.24) is 0 Å². The van der Waals surface area contributed by atoms with Gasteiger partial charge in [-0.2, -0.15) is 0 Å². The average molecular weight is 303 g/mol. The molecular weight excluding hydrogens is 282 g/mol. The van der Waals surface area contributed by atoms with Crippen molar-refractivity contribution in [2.24, 2.45) is 5.41 Å². The molecular formula is C21H21NO. The average Bonchev–Trinajstić information content (AvgIpc) is 2.51. The molecule has 0 fully saturated rings. The fourth-order valence-corrected chi connectivity index (χ4v) is 2.67. The molecule has 0 amide bonds. The first kappa shape index (κ1) is 15.3. The molecule has 2 aromatic carbocycles. The van der Waals surface area contributed by atoms with Crippen LogP contribution in [0.5, 0.6) is 0 Å². The first-order chi connectivity index (χ1) is 10.8. The number of hydrogen-bond donors (Lipinski definition) is 1. The maximum atomic E-state index is 12.7. The Labute approximate surface area is 137 Å². The van der Waals surface area contributed by atoms with Crippen LogP contribution in [0.2, 0.25) is 0 Å². The number of hydrogen-bond acceptors (Lipinski definition) is 2. The molecule has 3 rings (SSSR count). The smallest absolute Gasteiger partial charge is 0.193 e. The van der Waals surface area contributed by atoms with E-state index in [4.69, 9.17) is 0 Å². The molecule has 0 saturated carbocycles. The Morgan fingerprint density at radius 3 is 2.22 bits per heavy atom. The molecule has 1 aliphatic carbocycles. The van der Waals surface area contributed by atoms with Gasteiger partial charge in [0.05, 0.1) is 0 Å². The lowest BCUT2D eigenvalue weighted by Gasteiger charge is -2.25. The number of ketones is 1. The lowest BCUT2D eigenvalue weighted by Crippen LogP contribution is -2.16. The Bertz CT molecular complexity index is 837. The number of rotatable bonds is 2. The number of Topliss-reactive ketones (excluding diaryl/α,β-unsaturated/α-hetero) is 1. The number of benzene rings is 2. The highest BCUT2D eigenvalue weighted by atomic mass is 16.1. The first-order valence-corrected chi connectivity index (χ1v) is 7.73. The van der Waals surface area contributed by atoms with Crippen LogP contribution in [0.3, 0.4) is 0 Å². The number of carbonyl (C=O) groups excluding carboxylic acids is 1. The number of allylic oxidation sites excluding steroid dienone is 2. The van der Waals surface area contributed by atoms with Gasteiger partial charge in [-0.25, -0.2) is 0 Å². The predicted octanol–water partition coefficient (Wildman–Crippen LogP) is 5.53. The molecule has 0 spiro atoms. The summed E-state index contributed by atoms with van der Waals surface area (Å²) in [7, 11) is 0. The van der Waals surface area contributed by atoms with Crippen molar-refractivity contribution in [3.8, 4) is 11.1 Å². The molecule has 2 nitrogen and oxygen atoms in total. The number of nitrogens with one attached hydrogen (secondary N) is 1. The summed E-state index contributed by atoms with van der Waals surface area (Å²) < 4.78 is 0. The van der Waals surface area contributed by atoms with Crippen LogP contribution in [0, 0.1) is 5.41 Å². The lowest BCUT2D eigenvalue weighted by molar-refractivity contribution is 0.105. The highest BCUT2D eigenvalue weighted by Crippen LogP contribution is 2.39. The van der Waals surface area contributed by atoms with Gasteiger partial charge in [-0.15, -0.1) is 0 Å². The van der Waals surface area contributed by atoms with Gasteiger partial charge in [0.25, 0.3) is 0 Å². The van der Waals surface area contributed by atoms with Crippen LogP contribution in [0.1, 0.15) is 36.7 Å². The van der Waals surface area contributed by atoms with Crippen LogP contribution < -0.4 is 5.32 Å². The number of anilines is 1. The van der Waals surface area contributed by atoms with E-state index in [1.165, 1.54) is 0 Å². The molecule has 0 bridgehead atoms. The summed E-state index contributed by atoms with van der Waals surface area (Å²) in [6.45, 7) is 14.4. The third kappa shape index (κ3) is 2.61. The Balaban J connectivity index is 2.06. The Kier molecular flexibility index (Phi) is 3.48. The van der Waals surface area contributed by atoms with Crippen molar-refractivity contribution in [3.63, 3.8) is 0 Å². The zero-order chi connectivity index (χ0) is 16.8. The van der Waals surface area contributed by atoms with Crippen LogP contribution >= 0.6 is 0 Å². The van der Waals surface area contributed by atoms with Crippen LogP contribution in [0.15, 0.2) is 61.3 Å². The van der Waals surface area contributed by atoms with Gasteiger partial charge >= 0.3 is 0 Å². The van der Waals surface area contributed by atoms with Gasteiger partial charge in [-0.1, -0.05) is 64.3 Å². The highest BCUT2D eigenvalue weighted by molar-refractivity contribution is 6.34. The van der Waals surface area contributed by atoms with Crippen molar-refractivity contribution >= 4 is 17.0 Å². The van der Waals surface area contributed by atoms with E-state index in [0.29, 0.717) is 11.1 Å². The summed E-state index contributed by atoms with van der Waals surface area (Å²) in [4.78, 5) is 12.7. The minimum atomic E-state index is -0.0455. The fraction of sp³-hybridized carbons (Fsp3) is 0.190. The van der Waals surface area contributed by atoms with Crippen molar-refractivity contribution in [1.29, 1.82) is 0 Å². The Hall–Kier alpha value is -2.61. The molecule has 2 aromatic rings. The van der Waals surface area contributed by atoms with Crippen molar-refractivity contribution < 1.29 is 4.79 Å². The summed E-state index contributed by atoms with van der Waals surface area (Å²) in [6.07, 6.45) is 0. The molecule has 0 aliphatic heterocycles. The fourth-order valence-electron chi connectivity index (χ4n) is 2.67. The van der Waals surface area contributed by atoms with Gasteiger partial charge in [0.15, 0.2) is 5.78 Å². The number of fused-ring (bicyclic) bond motifs is 3. The van der Waals surface area contributed by atoms with Crippen LogP contribution in [0.25, 0.3) is 16.7 Å². The van der Waals surface area contributed by atoms with Crippen molar-refractivity contribution in [2.45, 2.75) is 20.8 Å². The van der Waals surface area contributed by atoms with E-state index >= 15 is 0 Å². The lowest BCUT2D eigenvalue weighted by atomic mass is 9.82. The molecule has 0 radical (unpaired) electrons. The molecule has 0 aromatic heterocycles. The van der Waals surface area contributed by atoms with Crippen molar-refractivity contribution in [3.05, 3.63) is 72.4 Å². The predicted molar refractivity (Wildman–Crippen MR) is 97.5 cm³/mol. The Morgan fingerprint density at radius 1 is 0.957 bits per heavy atom. The normalized spacial score (nSPS) is 13.3. The van der Waals surface area contributed by atoms with Crippen LogP contribution in [0.4, 0.5) is 5.69 Å². The molecule has 0 atom stereocenters. The molecule has 0 heterocycles. The summed E-state index contributed by atoms with van der Waals surface area (Å²) in [5, 5.41) is 3.31. The van der Waals surface area contributed by atoms with Crippen molar-refractivity contribution in [2.75, 3.05) is 5.32 Å². The summed E-state index contributed by atoms with van der Waals surface area (Å²) in [6, 6.07) is 13.8. The second-order valence-electron chi connectivity index (χ2n) is 6.97. The van der Waals surface area contributed by atoms with Gasteiger partial charge in [-0.05, 0) is 28.8 Å². The zero-order valence-corrected chi connectivity index (χ0v) is 13.9. The van der Waals surface area contributed by atoms with E-state index in [0.717, 1.165) is 28.1 Å². The van der Waals surface area contributed by atoms with E-state index in [1.807, 2.05) is 42.5 Å². The molecule has 1 N–H and O–H groups in total. The standard InChI is InChI=1S/C21H21NO/c1-13-16-8-6-7-9-17(16)18-11-10-15(12-19(18)20(13)23)22-14(2)21(3,4)5/h6-12,22H,1-2H2,3-5H3. The van der Waals surface area contributed by atoms with Crippen LogP contribution in [-0.4, -0.2) is 5.78 Å². The third-order valence-electron chi connectivity index (χ3n) is 4.28. The summed E-state index contributed by atoms with van der Waals surface area (Å²) >= 11 is 0. The van der Waals surface area contributed by atoms with E-state index < -0.39 is 0 Å². The van der Waals surface area contributed by atoms with Crippen LogP contribution in [-0.2, 0) is 0 Å². The SMILES string of the molecule is C=C1C(=O)c2cc(NC(=C)C(C)(C)C)ccc2-c2ccccc21. The molecule has 116 valence electrons. The maximum absolute atomic E-state index is 12.7. The van der Waals surface area contributed by atoms with Gasteiger partial charge < -0.3 is 5.32 Å². The quantitative estimate of drug-likeness (QED) is 0.738. The van der Waals surface area contributed by atoms with Gasteiger partial charge in [0.2, 0.25) is 0 Å². The largest absolute Gasteiger partial charge is 0.359 e. The monoisotopic (exact) mass is 303 g/mol. The number of carbonyl (C=O) groups is 1. The molecule has 1 aliphatic rings. The summed E-state index contributed by atoms with van der Waals surface area (Å²) in [5.74, 6) is -0.0104. The molecule has 2 heteroatoms. The maximum Gasteiger partial charge on any atom is 0.193 e. The minimum Gasteiger partial charge on any atom is -0.359 e. The Morgan fingerprint density at radius 2 is 1.57 bits per heavy atom. The molecule has 0 saturated heterocycles. The first-order valence-electron chi connectivity index (χ1n) is 7.73. The van der Waals surface area contributed by atoms with E-state index in [2.05, 4.69) is 39.2 Å². The van der Waals surface area contributed by atoms with Gasteiger partial charge in [-0.3, -0.25) is 4.79 Å². The minimum absolute atomic E-state index is 0.0104. The summed E-state index contributed by atoms with van der Waals surface area (Å²) in [5.41, 5.74) is 5.95. The zero-order valence-electron chi connectivity index (χ0n) is 13.9. The van der Waals surface area contributed by atoms with E-state index in [1.54, 1.807) is 0 Å². The van der Waals surface area contributed by atoms with Gasteiger partial charge in [0.1, 0.15) is 0 Å². The molecule has 23 heavy (non-hydrogen) atoms. The molecule has 0 unspecified atom stereocenters. The second kappa shape index (κ2) is 5.24. The third-order valence-corrected chi connectivity index (χ3v) is 4.28. The highest BCUT2D eigenvalue weighted by Gasteiger charge is 2.26.